The number of carbonyl (C=O) groups is 1. The fourth-order valence-corrected chi connectivity index (χ4v) is 1.72. The molecule has 0 fully saturated rings. The lowest BCUT2D eigenvalue weighted by atomic mass is 10.1. The van der Waals surface area contributed by atoms with Crippen molar-refractivity contribution in [2.45, 2.75) is 13.0 Å². The maximum absolute atomic E-state index is 13.4. The third-order valence-electron chi connectivity index (χ3n) is 2.66. The summed E-state index contributed by atoms with van der Waals surface area (Å²) in [5.74, 6) is -0.798. The van der Waals surface area contributed by atoms with Crippen molar-refractivity contribution in [2.75, 3.05) is 0 Å². The summed E-state index contributed by atoms with van der Waals surface area (Å²) in [6, 6.07) is 13.2. The Morgan fingerprint density at radius 3 is 2.37 bits per heavy atom. The largest absolute Gasteiger partial charge is 0.488 e. The predicted octanol–water partition coefficient (Wildman–Crippen LogP) is 3.03. The van der Waals surface area contributed by atoms with E-state index in [4.69, 9.17) is 9.84 Å². The summed E-state index contributed by atoms with van der Waals surface area (Å²) < 4.78 is 18.9. The van der Waals surface area contributed by atoms with E-state index in [0.717, 1.165) is 0 Å². The highest BCUT2D eigenvalue weighted by molar-refractivity contribution is 5.71. The van der Waals surface area contributed by atoms with Crippen molar-refractivity contribution in [3.63, 3.8) is 0 Å². The van der Waals surface area contributed by atoms with E-state index >= 15 is 0 Å². The van der Waals surface area contributed by atoms with E-state index in [-0.39, 0.29) is 18.8 Å². The zero-order valence-corrected chi connectivity index (χ0v) is 10.2. The molecule has 0 unspecified atom stereocenters. The Balaban J connectivity index is 2.11. The smallest absolute Gasteiger partial charge is 0.307 e. The number of aliphatic carboxylic acids is 1. The van der Waals surface area contributed by atoms with E-state index in [1.807, 2.05) is 0 Å². The number of ether oxygens (including phenoxy) is 1. The molecule has 0 heterocycles. The van der Waals surface area contributed by atoms with Gasteiger partial charge in [0.05, 0.1) is 6.42 Å². The van der Waals surface area contributed by atoms with Gasteiger partial charge in [0, 0.05) is 11.1 Å². The van der Waals surface area contributed by atoms with E-state index in [0.29, 0.717) is 16.9 Å². The van der Waals surface area contributed by atoms with Gasteiger partial charge in [-0.3, -0.25) is 4.79 Å². The van der Waals surface area contributed by atoms with Gasteiger partial charge < -0.3 is 9.84 Å². The van der Waals surface area contributed by atoms with Crippen LogP contribution in [0.1, 0.15) is 11.1 Å². The van der Waals surface area contributed by atoms with Gasteiger partial charge in [-0.2, -0.15) is 0 Å². The molecule has 3 nitrogen and oxygen atoms in total. The molecule has 2 aromatic carbocycles. The van der Waals surface area contributed by atoms with Crippen LogP contribution in [0.4, 0.5) is 4.39 Å². The molecule has 0 aliphatic carbocycles. The van der Waals surface area contributed by atoms with Gasteiger partial charge in [0.25, 0.3) is 0 Å². The number of hydrogen-bond donors (Lipinski definition) is 1. The van der Waals surface area contributed by atoms with Crippen molar-refractivity contribution in [1.29, 1.82) is 0 Å². The van der Waals surface area contributed by atoms with E-state index in [1.165, 1.54) is 6.07 Å². The van der Waals surface area contributed by atoms with E-state index in [1.54, 1.807) is 42.5 Å². The van der Waals surface area contributed by atoms with Crippen LogP contribution in [0, 0.1) is 5.82 Å². The molecule has 2 rings (SSSR count). The minimum absolute atomic E-state index is 0.0727. The molecule has 1 N–H and O–H groups in total. The zero-order chi connectivity index (χ0) is 13.7. The maximum atomic E-state index is 13.4. The van der Waals surface area contributed by atoms with Crippen LogP contribution >= 0.6 is 0 Å². The zero-order valence-electron chi connectivity index (χ0n) is 10.2. The molecule has 2 aromatic rings. The van der Waals surface area contributed by atoms with Crippen molar-refractivity contribution >= 4 is 5.97 Å². The van der Waals surface area contributed by atoms with Crippen molar-refractivity contribution < 1.29 is 19.0 Å². The lowest BCUT2D eigenvalue weighted by Crippen LogP contribution is -2.04. The molecule has 0 spiro atoms. The highest BCUT2D eigenvalue weighted by Crippen LogP contribution is 2.20. The second-order valence-corrected chi connectivity index (χ2v) is 4.06. The van der Waals surface area contributed by atoms with Gasteiger partial charge in [0.1, 0.15) is 18.2 Å². The van der Waals surface area contributed by atoms with Gasteiger partial charge in [-0.05, 0) is 12.1 Å². The molecule has 0 aliphatic heterocycles. The molecule has 98 valence electrons. The van der Waals surface area contributed by atoms with Crippen LogP contribution < -0.4 is 4.74 Å². The van der Waals surface area contributed by atoms with Crippen molar-refractivity contribution in [2.24, 2.45) is 0 Å². The summed E-state index contributed by atoms with van der Waals surface area (Å²) in [7, 11) is 0. The predicted molar refractivity (Wildman–Crippen MR) is 68.5 cm³/mol. The molecule has 0 saturated carbocycles. The summed E-state index contributed by atoms with van der Waals surface area (Å²) in [6.07, 6.45) is -0.118. The van der Waals surface area contributed by atoms with Crippen LogP contribution in [0.5, 0.6) is 5.75 Å². The van der Waals surface area contributed by atoms with Gasteiger partial charge in [-0.15, -0.1) is 0 Å². The third-order valence-corrected chi connectivity index (χ3v) is 2.66. The monoisotopic (exact) mass is 260 g/mol. The lowest BCUT2D eigenvalue weighted by molar-refractivity contribution is -0.136. The van der Waals surface area contributed by atoms with Crippen LogP contribution in [0.2, 0.25) is 0 Å². The summed E-state index contributed by atoms with van der Waals surface area (Å²) in [5, 5.41) is 8.81. The molecule has 0 aromatic heterocycles. The normalized spacial score (nSPS) is 10.2. The van der Waals surface area contributed by atoms with Crippen molar-refractivity contribution in [3.8, 4) is 5.75 Å². The third kappa shape index (κ3) is 3.55. The van der Waals surface area contributed by atoms with Crippen molar-refractivity contribution in [3.05, 3.63) is 65.5 Å². The molecule has 0 bridgehead atoms. The number of rotatable bonds is 5. The van der Waals surface area contributed by atoms with Crippen molar-refractivity contribution in [1.82, 2.24) is 0 Å². The summed E-state index contributed by atoms with van der Waals surface area (Å²) in [5.41, 5.74) is 1.01. The molecule has 0 saturated heterocycles. The van der Waals surface area contributed by atoms with Gasteiger partial charge in [-0.25, -0.2) is 4.39 Å². The molecule has 0 atom stereocenters. The van der Waals surface area contributed by atoms with Gasteiger partial charge in [0.2, 0.25) is 0 Å². The fourth-order valence-electron chi connectivity index (χ4n) is 1.72. The van der Waals surface area contributed by atoms with E-state index in [9.17, 15) is 9.18 Å². The van der Waals surface area contributed by atoms with Gasteiger partial charge in [0.15, 0.2) is 0 Å². The lowest BCUT2D eigenvalue weighted by Gasteiger charge is -2.10. The quantitative estimate of drug-likeness (QED) is 0.898. The first kappa shape index (κ1) is 13.1. The average molecular weight is 260 g/mol. The Bertz CT molecular complexity index is 581. The Hall–Kier alpha value is -2.36. The Morgan fingerprint density at radius 1 is 1.05 bits per heavy atom. The maximum Gasteiger partial charge on any atom is 0.307 e. The fraction of sp³-hybridized carbons (Fsp3) is 0.133. The number of carboxylic acids is 1. The number of para-hydroxylation sites is 1. The number of carboxylic acid groups (broad SMARTS) is 1. The summed E-state index contributed by atoms with van der Waals surface area (Å²) in [4.78, 5) is 10.7. The SMILES string of the molecule is O=C(O)Cc1ccccc1OCc1ccccc1F. The molecule has 0 aliphatic rings. The highest BCUT2D eigenvalue weighted by atomic mass is 19.1. The number of hydrogen-bond acceptors (Lipinski definition) is 2. The topological polar surface area (TPSA) is 46.5 Å². The molecule has 0 amide bonds. The van der Waals surface area contributed by atoms with Crippen LogP contribution in [0.3, 0.4) is 0 Å². The molecular formula is C15H13FO3. The van der Waals surface area contributed by atoms with E-state index in [2.05, 4.69) is 0 Å². The molecular weight excluding hydrogens is 247 g/mol. The Labute approximate surface area is 110 Å². The van der Waals surface area contributed by atoms with Gasteiger partial charge in [-0.1, -0.05) is 36.4 Å². The second-order valence-electron chi connectivity index (χ2n) is 4.06. The molecule has 0 radical (unpaired) electrons. The molecule has 4 heteroatoms. The van der Waals surface area contributed by atoms with Gasteiger partial charge >= 0.3 is 5.97 Å². The van der Waals surface area contributed by atoms with Crippen LogP contribution in [0.25, 0.3) is 0 Å². The number of benzene rings is 2. The minimum atomic E-state index is -0.929. The minimum Gasteiger partial charge on any atom is -0.488 e. The molecule has 19 heavy (non-hydrogen) atoms. The van der Waals surface area contributed by atoms with Crippen LogP contribution in [0.15, 0.2) is 48.5 Å². The Morgan fingerprint density at radius 2 is 1.68 bits per heavy atom. The highest BCUT2D eigenvalue weighted by Gasteiger charge is 2.08. The van der Waals surface area contributed by atoms with E-state index < -0.39 is 5.97 Å². The Kier molecular flexibility index (Phi) is 4.13. The van der Waals surface area contributed by atoms with Crippen LogP contribution in [-0.2, 0) is 17.8 Å². The first-order chi connectivity index (χ1) is 9.16. The standard InChI is InChI=1S/C15H13FO3/c16-13-7-3-1-6-12(13)10-19-14-8-4-2-5-11(14)9-15(17)18/h1-8H,9-10H2,(H,17,18). The number of halogens is 1. The summed E-state index contributed by atoms with van der Waals surface area (Å²) >= 11 is 0. The first-order valence-electron chi connectivity index (χ1n) is 5.82. The first-order valence-corrected chi connectivity index (χ1v) is 5.82. The van der Waals surface area contributed by atoms with Crippen LogP contribution in [-0.4, -0.2) is 11.1 Å². The average Bonchev–Trinajstić information content (AvgIpc) is 2.39. The summed E-state index contributed by atoms with van der Waals surface area (Å²) in [6.45, 7) is 0.0727. The second kappa shape index (κ2) is 6.00.